The number of piperidine rings is 1. The van der Waals surface area contributed by atoms with Crippen LogP contribution in [0.1, 0.15) is 61.6 Å². The normalized spacial score (nSPS) is 47.0. The highest BCUT2D eigenvalue weighted by Crippen LogP contribution is 2.43. The number of aliphatic hydroxyl groups is 1. The van der Waals surface area contributed by atoms with E-state index >= 15 is 0 Å². The van der Waals surface area contributed by atoms with Gasteiger partial charge in [-0.15, -0.1) is 0 Å². The van der Waals surface area contributed by atoms with E-state index < -0.39 is 80.6 Å². The molecule has 0 amide bonds. The quantitative estimate of drug-likeness (QED) is 0.920. The number of ether oxygens (including phenoxy) is 2. The Morgan fingerprint density at radius 3 is 3.00 bits per heavy atom. The van der Waals surface area contributed by atoms with E-state index in [9.17, 15) is 5.11 Å². The van der Waals surface area contributed by atoms with Crippen LogP contribution in [0.2, 0.25) is 0 Å². The second kappa shape index (κ2) is 6.70. The Kier molecular flexibility index (Phi) is 2.02. The molecule has 0 bridgehead atoms. The van der Waals surface area contributed by atoms with Gasteiger partial charge in [-0.3, -0.25) is 4.90 Å². The van der Waals surface area contributed by atoms with E-state index in [4.69, 9.17) is 27.3 Å². The second-order valence-electron chi connectivity index (χ2n) is 5.53. The molecule has 23 heavy (non-hydrogen) atoms. The minimum absolute atomic E-state index is 0.216. The van der Waals surface area contributed by atoms with Crippen molar-refractivity contribution in [1.82, 2.24) is 4.90 Å². The molecule has 1 N–H and O–H groups in total. The van der Waals surface area contributed by atoms with Gasteiger partial charge >= 0.3 is 0 Å². The van der Waals surface area contributed by atoms with Gasteiger partial charge in [-0.05, 0) is 54.2 Å². The van der Waals surface area contributed by atoms with Crippen LogP contribution in [-0.4, -0.2) is 43.3 Å². The first-order valence-corrected chi connectivity index (χ1v) is 7.28. The Morgan fingerprint density at radius 1 is 1.57 bits per heavy atom. The summed E-state index contributed by atoms with van der Waals surface area (Å²) in [6, 6.07) is -2.38. The van der Waals surface area contributed by atoms with Gasteiger partial charge in [-0.2, -0.15) is 0 Å². The van der Waals surface area contributed by atoms with Gasteiger partial charge < -0.3 is 14.6 Å². The van der Waals surface area contributed by atoms with Crippen molar-refractivity contribution < 1.29 is 32.4 Å². The summed E-state index contributed by atoms with van der Waals surface area (Å²) >= 11 is 0. The molecule has 4 atom stereocenters. The Morgan fingerprint density at radius 2 is 2.30 bits per heavy atom. The Labute approximate surface area is 157 Å². The lowest BCUT2D eigenvalue weighted by Crippen LogP contribution is -2.48. The molecule has 1 aromatic carbocycles. The second-order valence-corrected chi connectivity index (χ2v) is 5.53. The minimum Gasteiger partial charge on any atom is -0.493 e. The lowest BCUT2D eigenvalue weighted by atomic mass is 9.79. The number of rotatable bonds is 4. The zero-order valence-electron chi connectivity index (χ0n) is 26.3. The summed E-state index contributed by atoms with van der Waals surface area (Å²) in [5.74, 6) is -5.27. The number of fused-ring (bicyclic) bond motifs is 3. The van der Waals surface area contributed by atoms with Crippen LogP contribution in [0.25, 0.3) is 0 Å². The number of hydrogen-bond donors (Lipinski definition) is 1. The highest BCUT2D eigenvalue weighted by atomic mass is 16.5. The zero-order valence-corrected chi connectivity index (χ0v) is 13.3. The van der Waals surface area contributed by atoms with Crippen LogP contribution in [0.3, 0.4) is 0 Å². The summed E-state index contributed by atoms with van der Waals surface area (Å²) in [6.45, 7) is -6.14. The SMILES string of the molecule is [2H]c1c(OC)c(OC)c([2H])c2c1C1CC([2H])(O)C(C([2H])([2H])C([2H])(C)C([2H])([2H])[2H])CN1C([2H])([2H])C2([2H])[2H]. The van der Waals surface area contributed by atoms with Gasteiger partial charge in [0.1, 0.15) is 0 Å². The predicted molar refractivity (Wildman–Crippen MR) is 91.1 cm³/mol. The highest BCUT2D eigenvalue weighted by Gasteiger charge is 2.38. The molecule has 0 aromatic heterocycles. The molecule has 2 aliphatic rings. The maximum absolute atomic E-state index is 11.1. The third-order valence-electron chi connectivity index (χ3n) is 3.98. The lowest BCUT2D eigenvalue weighted by molar-refractivity contribution is -0.0191. The molecule has 0 radical (unpaired) electrons. The first-order valence-electron chi connectivity index (χ1n) is 13.8. The van der Waals surface area contributed by atoms with Gasteiger partial charge in [0.25, 0.3) is 0 Å². The van der Waals surface area contributed by atoms with Crippen molar-refractivity contribution in [3.8, 4) is 11.5 Å². The van der Waals surface area contributed by atoms with Gasteiger partial charge in [0.05, 0.1) is 24.4 Å². The molecule has 1 saturated heterocycles. The smallest absolute Gasteiger partial charge is 0.161 e. The molecule has 0 saturated carbocycles. The summed E-state index contributed by atoms with van der Waals surface area (Å²) in [5.41, 5.74) is -0.728. The topological polar surface area (TPSA) is 41.9 Å². The molecule has 4 nitrogen and oxygen atoms in total. The van der Waals surface area contributed by atoms with Crippen LogP contribution in [0.15, 0.2) is 12.1 Å². The van der Waals surface area contributed by atoms with E-state index in [1.165, 1.54) is 14.2 Å². The molecule has 1 aromatic rings. The third-order valence-corrected chi connectivity index (χ3v) is 3.98. The Bertz CT molecular complexity index is 1050. The van der Waals surface area contributed by atoms with Crippen LogP contribution in [0.4, 0.5) is 0 Å². The van der Waals surface area contributed by atoms with Crippen molar-refractivity contribution in [1.29, 1.82) is 0 Å². The molecular weight excluding hydrogens is 290 g/mol. The fourth-order valence-electron chi connectivity index (χ4n) is 2.89. The van der Waals surface area contributed by atoms with Crippen LogP contribution >= 0.6 is 0 Å². The largest absolute Gasteiger partial charge is 0.493 e. The average Bonchev–Trinajstić information content (AvgIpc) is 2.71. The van der Waals surface area contributed by atoms with E-state index in [1.807, 2.05) is 0 Å². The summed E-state index contributed by atoms with van der Waals surface area (Å²) < 4.78 is 119. The molecule has 2 aliphatic heterocycles. The van der Waals surface area contributed by atoms with Crippen LogP contribution < -0.4 is 9.47 Å². The van der Waals surface area contributed by atoms with E-state index in [0.29, 0.717) is 0 Å². The van der Waals surface area contributed by atoms with Crippen molar-refractivity contribution in [2.75, 3.05) is 27.3 Å². The van der Waals surface area contributed by atoms with E-state index in [-0.39, 0.29) is 17.1 Å². The number of methoxy groups -OCH3 is 2. The molecule has 128 valence electrons. The molecule has 3 rings (SSSR count). The average molecular weight is 333 g/mol. The van der Waals surface area contributed by atoms with E-state index in [1.54, 1.807) is 0 Å². The van der Waals surface area contributed by atoms with Crippen molar-refractivity contribution >= 4 is 0 Å². The predicted octanol–water partition coefficient (Wildman–Crippen LogP) is 3.03. The Balaban J connectivity index is 2.31. The molecule has 0 aliphatic carbocycles. The molecule has 1 fully saturated rings. The summed E-state index contributed by atoms with van der Waals surface area (Å²) in [4.78, 5) is 0.847. The number of benzene rings is 1. The summed E-state index contributed by atoms with van der Waals surface area (Å²) in [5, 5.41) is 11.1. The van der Waals surface area contributed by atoms with Crippen molar-refractivity contribution in [2.24, 2.45) is 11.8 Å². The van der Waals surface area contributed by atoms with Crippen molar-refractivity contribution in [2.45, 2.75) is 45.1 Å². The molecular formula is C19H29NO3. The van der Waals surface area contributed by atoms with Crippen molar-refractivity contribution in [3.63, 3.8) is 0 Å². The fraction of sp³-hybridized carbons (Fsp3) is 0.684. The lowest BCUT2D eigenvalue weighted by Gasteiger charge is -2.46. The first-order chi connectivity index (χ1) is 16.0. The summed E-state index contributed by atoms with van der Waals surface area (Å²) in [6.07, 6.45) is -9.49. The maximum atomic E-state index is 11.1. The highest BCUT2D eigenvalue weighted by molar-refractivity contribution is 5.49. The standard InChI is InChI=1S/C19H29NO3/c1-12(2)7-14-11-20-6-5-13-8-18(22-3)19(23-4)9-15(13)16(20)10-17(14)21/h8-9,12,14,16-17,21H,5-7,10-11H2,1-4H3/i1D3,5D2,6D2,7D2,8D,9D,12D,17D. The fourth-order valence-corrected chi connectivity index (χ4v) is 2.89. The van der Waals surface area contributed by atoms with Crippen molar-refractivity contribution in [3.05, 3.63) is 23.2 Å². The van der Waals surface area contributed by atoms with Crippen LogP contribution in [0.5, 0.6) is 11.5 Å². The Hall–Kier alpha value is -1.26. The minimum atomic E-state index is -3.16. The molecule has 0 spiro atoms. The number of nitrogens with zero attached hydrogens (tertiary/aromatic N) is 1. The zero-order chi connectivity index (χ0) is 28.0. The van der Waals surface area contributed by atoms with E-state index in [0.717, 1.165) is 11.8 Å². The first kappa shape index (κ1) is 6.93. The van der Waals surface area contributed by atoms with Crippen LogP contribution in [0, 0.1) is 11.8 Å². The summed E-state index contributed by atoms with van der Waals surface area (Å²) in [7, 11) is 2.38. The van der Waals surface area contributed by atoms with Gasteiger partial charge in [-0.25, -0.2) is 0 Å². The van der Waals surface area contributed by atoms with Gasteiger partial charge in [-0.1, -0.05) is 13.8 Å². The van der Waals surface area contributed by atoms with Gasteiger partial charge in [0.15, 0.2) is 11.5 Å². The third kappa shape index (κ3) is 3.20. The van der Waals surface area contributed by atoms with Gasteiger partial charge in [0.2, 0.25) is 0 Å². The van der Waals surface area contributed by atoms with Gasteiger partial charge in [0, 0.05) is 32.8 Å². The van der Waals surface area contributed by atoms with Crippen LogP contribution in [-0.2, 0) is 6.37 Å². The number of hydrogen-bond acceptors (Lipinski definition) is 4. The molecule has 4 unspecified atom stereocenters. The molecule has 2 heterocycles. The van der Waals surface area contributed by atoms with E-state index in [2.05, 4.69) is 0 Å². The maximum Gasteiger partial charge on any atom is 0.161 e. The molecule has 4 heteroatoms. The monoisotopic (exact) mass is 332 g/mol.